The normalized spacial score (nSPS) is 11.1. The zero-order chi connectivity index (χ0) is 26.8. The second-order valence-corrected chi connectivity index (χ2v) is 9.66. The predicted molar refractivity (Wildman–Crippen MR) is 143 cm³/mol. The van der Waals surface area contributed by atoms with Crippen LogP contribution in [0.5, 0.6) is 17.2 Å². The Balaban J connectivity index is 1.82. The van der Waals surface area contributed by atoms with Crippen LogP contribution in [0.2, 0.25) is 0 Å². The minimum atomic E-state index is -4.09. The molecule has 0 radical (unpaired) electrons. The van der Waals surface area contributed by atoms with Crippen molar-refractivity contribution in [1.29, 1.82) is 0 Å². The predicted octanol–water partition coefficient (Wildman–Crippen LogP) is 3.92. The number of carbonyl (C=O) groups is 1. The fraction of sp³-hybridized carbons (Fsp3) is 0.185. The number of rotatable bonds is 12. The van der Waals surface area contributed by atoms with Gasteiger partial charge in [0.1, 0.15) is 18.9 Å². The van der Waals surface area contributed by atoms with Crippen molar-refractivity contribution in [2.75, 3.05) is 31.7 Å². The Morgan fingerprint density at radius 2 is 1.70 bits per heavy atom. The van der Waals surface area contributed by atoms with Gasteiger partial charge in [0, 0.05) is 0 Å². The minimum absolute atomic E-state index is 0.0474. The van der Waals surface area contributed by atoms with Crippen LogP contribution >= 0.6 is 0 Å². The highest BCUT2D eigenvalue weighted by Gasteiger charge is 2.29. The van der Waals surface area contributed by atoms with E-state index in [9.17, 15) is 13.2 Å². The van der Waals surface area contributed by atoms with Gasteiger partial charge in [-0.1, -0.05) is 42.5 Å². The molecule has 0 saturated heterocycles. The molecule has 1 amide bonds. The summed E-state index contributed by atoms with van der Waals surface area (Å²) < 4.78 is 44.3. The summed E-state index contributed by atoms with van der Waals surface area (Å²) in [4.78, 5) is 12.9. The van der Waals surface area contributed by atoms with E-state index in [1.54, 1.807) is 60.7 Å². The Hall–Kier alpha value is -4.31. The van der Waals surface area contributed by atoms with E-state index in [2.05, 4.69) is 17.1 Å². The molecule has 0 fully saturated rings. The lowest BCUT2D eigenvalue weighted by atomic mass is 10.2. The first-order chi connectivity index (χ1) is 17.8. The van der Waals surface area contributed by atoms with Gasteiger partial charge in [0.2, 0.25) is 0 Å². The molecule has 37 heavy (non-hydrogen) atoms. The summed E-state index contributed by atoms with van der Waals surface area (Å²) >= 11 is 0. The topological polar surface area (TPSA) is 107 Å². The minimum Gasteiger partial charge on any atom is -0.495 e. The monoisotopic (exact) mass is 523 g/mol. The maximum atomic E-state index is 13.5. The summed E-state index contributed by atoms with van der Waals surface area (Å²) in [5.41, 5.74) is 4.16. The molecule has 10 heteroatoms. The van der Waals surface area contributed by atoms with Gasteiger partial charge in [0.15, 0.2) is 11.5 Å². The summed E-state index contributed by atoms with van der Waals surface area (Å²) in [5.74, 6) is 0.692. The second kappa shape index (κ2) is 12.6. The molecule has 194 valence electrons. The number of benzene rings is 3. The molecule has 3 rings (SSSR count). The molecule has 0 heterocycles. The Bertz CT molecular complexity index is 1370. The third kappa shape index (κ3) is 6.89. The molecule has 3 aromatic carbocycles. The van der Waals surface area contributed by atoms with Crippen molar-refractivity contribution in [2.45, 2.75) is 11.8 Å². The van der Waals surface area contributed by atoms with Crippen LogP contribution < -0.4 is 23.9 Å². The van der Waals surface area contributed by atoms with Gasteiger partial charge >= 0.3 is 0 Å². The molecule has 0 aliphatic carbocycles. The van der Waals surface area contributed by atoms with Crippen LogP contribution in [0, 0.1) is 6.92 Å². The number of ether oxygens (including phenoxy) is 3. The quantitative estimate of drug-likeness (QED) is 0.219. The molecule has 0 atom stereocenters. The molecule has 0 bridgehead atoms. The van der Waals surface area contributed by atoms with Crippen molar-refractivity contribution in [3.63, 3.8) is 0 Å². The van der Waals surface area contributed by atoms with Crippen LogP contribution in [-0.4, -0.2) is 47.9 Å². The average Bonchev–Trinajstić information content (AvgIpc) is 2.91. The number of sulfonamides is 1. The van der Waals surface area contributed by atoms with E-state index in [0.717, 1.165) is 9.87 Å². The van der Waals surface area contributed by atoms with E-state index in [4.69, 9.17) is 14.2 Å². The molecule has 9 nitrogen and oxygen atoms in total. The number of methoxy groups -OCH3 is 2. The first-order valence-corrected chi connectivity index (χ1v) is 12.7. The van der Waals surface area contributed by atoms with Crippen LogP contribution in [0.3, 0.4) is 0 Å². The molecule has 0 saturated carbocycles. The van der Waals surface area contributed by atoms with E-state index >= 15 is 0 Å². The number of nitrogens with zero attached hydrogens (tertiary/aromatic N) is 2. The maximum absolute atomic E-state index is 13.5. The SMILES string of the molecule is C=CCOc1ccc(/C=N\NC(=O)CN(c2ccccc2OC)S(=O)(=O)c2ccc(C)cc2)cc1OC. The van der Waals surface area contributed by atoms with Gasteiger partial charge in [0.05, 0.1) is 31.0 Å². The number of nitrogens with one attached hydrogen (secondary N) is 1. The maximum Gasteiger partial charge on any atom is 0.264 e. The van der Waals surface area contributed by atoms with E-state index in [1.165, 1.54) is 32.6 Å². The van der Waals surface area contributed by atoms with E-state index in [0.29, 0.717) is 29.4 Å². The Kier molecular flexibility index (Phi) is 9.28. The van der Waals surface area contributed by atoms with Crippen molar-refractivity contribution in [1.82, 2.24) is 5.43 Å². The molecule has 0 spiro atoms. The van der Waals surface area contributed by atoms with Crippen molar-refractivity contribution in [3.05, 3.63) is 90.5 Å². The lowest BCUT2D eigenvalue weighted by Gasteiger charge is -2.25. The molecular weight excluding hydrogens is 494 g/mol. The lowest BCUT2D eigenvalue weighted by molar-refractivity contribution is -0.119. The van der Waals surface area contributed by atoms with Gasteiger partial charge in [-0.15, -0.1) is 0 Å². The molecular formula is C27H29N3O6S. The number of para-hydroxylation sites is 2. The highest BCUT2D eigenvalue weighted by Crippen LogP contribution is 2.32. The van der Waals surface area contributed by atoms with Crippen molar-refractivity contribution in [2.24, 2.45) is 5.10 Å². The van der Waals surface area contributed by atoms with E-state index < -0.39 is 22.5 Å². The Labute approximate surface area is 217 Å². The molecule has 1 N–H and O–H groups in total. The van der Waals surface area contributed by atoms with Crippen molar-refractivity contribution < 1.29 is 27.4 Å². The van der Waals surface area contributed by atoms with Gasteiger partial charge in [-0.3, -0.25) is 9.10 Å². The number of amides is 1. The van der Waals surface area contributed by atoms with Crippen LogP contribution in [0.1, 0.15) is 11.1 Å². The lowest BCUT2D eigenvalue weighted by Crippen LogP contribution is -2.39. The van der Waals surface area contributed by atoms with E-state index in [1.807, 2.05) is 6.92 Å². The molecule has 0 aliphatic rings. The number of aryl methyl sites for hydroxylation is 1. The fourth-order valence-corrected chi connectivity index (χ4v) is 4.78. The summed E-state index contributed by atoms with van der Waals surface area (Å²) in [6.07, 6.45) is 3.04. The summed E-state index contributed by atoms with van der Waals surface area (Å²) in [5, 5.41) is 3.97. The summed E-state index contributed by atoms with van der Waals surface area (Å²) in [6, 6.07) is 18.1. The van der Waals surface area contributed by atoms with E-state index in [-0.39, 0.29) is 10.6 Å². The summed E-state index contributed by atoms with van der Waals surface area (Å²) in [7, 11) is -1.15. The third-order valence-electron chi connectivity index (χ3n) is 5.20. The molecule has 3 aromatic rings. The third-order valence-corrected chi connectivity index (χ3v) is 6.97. The first kappa shape index (κ1) is 27.3. The largest absolute Gasteiger partial charge is 0.495 e. The number of anilines is 1. The van der Waals surface area contributed by atoms with Crippen LogP contribution in [0.4, 0.5) is 5.69 Å². The average molecular weight is 524 g/mol. The number of hydrogen-bond donors (Lipinski definition) is 1. The van der Waals surface area contributed by atoms with Crippen molar-refractivity contribution in [3.8, 4) is 17.2 Å². The summed E-state index contributed by atoms with van der Waals surface area (Å²) in [6.45, 7) is 5.28. The van der Waals surface area contributed by atoms with Crippen LogP contribution in [0.25, 0.3) is 0 Å². The van der Waals surface area contributed by atoms with Crippen molar-refractivity contribution >= 4 is 27.8 Å². The van der Waals surface area contributed by atoms with Gasteiger partial charge in [-0.25, -0.2) is 13.8 Å². The number of carbonyl (C=O) groups excluding carboxylic acids is 1. The standard InChI is InChI=1S/C27H29N3O6S/c1-5-16-36-25-15-12-21(17-26(25)35-4)18-28-29-27(31)19-30(23-8-6-7-9-24(23)34-3)37(32,33)22-13-10-20(2)11-14-22/h5-15,17-18H,1,16,19H2,2-4H3,(H,29,31)/b28-18-. The second-order valence-electron chi connectivity index (χ2n) is 7.80. The first-order valence-electron chi connectivity index (χ1n) is 11.3. The Morgan fingerprint density at radius 1 is 1.00 bits per heavy atom. The van der Waals surface area contributed by atoms with Crippen LogP contribution in [-0.2, 0) is 14.8 Å². The van der Waals surface area contributed by atoms with Gasteiger partial charge in [0.25, 0.3) is 15.9 Å². The highest BCUT2D eigenvalue weighted by atomic mass is 32.2. The zero-order valence-corrected chi connectivity index (χ0v) is 21.7. The van der Waals surface area contributed by atoms with Gasteiger partial charge in [-0.05, 0) is 55.0 Å². The highest BCUT2D eigenvalue weighted by molar-refractivity contribution is 7.92. The molecule has 0 aliphatic heterocycles. The zero-order valence-electron chi connectivity index (χ0n) is 20.9. The van der Waals surface area contributed by atoms with Crippen LogP contribution in [0.15, 0.2) is 89.4 Å². The number of hydrogen-bond acceptors (Lipinski definition) is 7. The van der Waals surface area contributed by atoms with Gasteiger partial charge < -0.3 is 14.2 Å². The Morgan fingerprint density at radius 3 is 2.38 bits per heavy atom. The smallest absolute Gasteiger partial charge is 0.264 e. The number of hydrazone groups is 1. The molecule has 0 aromatic heterocycles. The van der Waals surface area contributed by atoms with Gasteiger partial charge in [-0.2, -0.15) is 5.10 Å². The molecule has 0 unspecified atom stereocenters. The fourth-order valence-electron chi connectivity index (χ4n) is 3.35.